The zero-order valence-electron chi connectivity index (χ0n) is 14.3. The highest BCUT2D eigenvalue weighted by atomic mass is 32.2. The summed E-state index contributed by atoms with van der Waals surface area (Å²) >= 11 is 6.35. The molecule has 0 atom stereocenters. The molecule has 1 N–H and O–H groups in total. The Morgan fingerprint density at radius 2 is 2.04 bits per heavy atom. The van der Waals surface area contributed by atoms with E-state index in [1.54, 1.807) is 32.4 Å². The molecule has 1 aliphatic rings. The molecule has 0 aromatic heterocycles. The molecule has 6 nitrogen and oxygen atoms in total. The minimum Gasteiger partial charge on any atom is -0.493 e. The van der Waals surface area contributed by atoms with Crippen LogP contribution in [0.3, 0.4) is 0 Å². The van der Waals surface area contributed by atoms with E-state index < -0.39 is 0 Å². The molecule has 1 heterocycles. The normalized spacial score (nSPS) is 15.6. The van der Waals surface area contributed by atoms with Gasteiger partial charge in [-0.05, 0) is 42.4 Å². The number of thiocarbonyl (C=S) groups is 1. The largest absolute Gasteiger partial charge is 0.493 e. The van der Waals surface area contributed by atoms with E-state index in [9.17, 15) is 9.59 Å². The number of ether oxygens (including phenoxy) is 2. The summed E-state index contributed by atoms with van der Waals surface area (Å²) < 4.78 is 10.8. The van der Waals surface area contributed by atoms with Gasteiger partial charge in [0.05, 0.1) is 19.1 Å². The molecule has 1 saturated heterocycles. The fourth-order valence-electron chi connectivity index (χ4n) is 2.18. The van der Waals surface area contributed by atoms with Gasteiger partial charge in [0.15, 0.2) is 15.8 Å². The van der Waals surface area contributed by atoms with Crippen LogP contribution in [-0.4, -0.2) is 35.4 Å². The first kappa shape index (κ1) is 19.3. The summed E-state index contributed by atoms with van der Waals surface area (Å²) in [6.45, 7) is 2.00. The maximum atomic E-state index is 12.5. The van der Waals surface area contributed by atoms with Crippen LogP contribution in [0.2, 0.25) is 0 Å². The topological polar surface area (TPSA) is 67.9 Å². The molecular formula is C17H20N2O4S2. The van der Waals surface area contributed by atoms with Crippen molar-refractivity contribution >= 4 is 46.2 Å². The summed E-state index contributed by atoms with van der Waals surface area (Å²) in [6, 6.07) is 5.34. The molecule has 25 heavy (non-hydrogen) atoms. The summed E-state index contributed by atoms with van der Waals surface area (Å²) in [5.41, 5.74) is 3.34. The zero-order chi connectivity index (χ0) is 18.4. The van der Waals surface area contributed by atoms with Gasteiger partial charge in [0.2, 0.25) is 5.91 Å². The van der Waals surface area contributed by atoms with E-state index in [2.05, 4.69) is 5.43 Å². The molecule has 1 fully saturated rings. The van der Waals surface area contributed by atoms with E-state index >= 15 is 0 Å². The average Bonchev–Trinajstić information content (AvgIpc) is 2.87. The molecule has 1 aliphatic heterocycles. The molecule has 0 radical (unpaired) electrons. The molecule has 0 bridgehead atoms. The second kappa shape index (κ2) is 8.87. The Kier molecular flexibility index (Phi) is 6.83. The van der Waals surface area contributed by atoms with E-state index in [1.165, 1.54) is 0 Å². The number of methoxy groups -OCH3 is 2. The van der Waals surface area contributed by atoms with Gasteiger partial charge < -0.3 is 9.47 Å². The molecule has 0 spiro atoms. The number of carbonyl (C=O) groups excluding carboxylic acids is 2. The third kappa shape index (κ3) is 4.73. The number of benzene rings is 1. The molecule has 2 rings (SSSR count). The molecule has 1 aromatic carbocycles. The van der Waals surface area contributed by atoms with E-state index in [-0.39, 0.29) is 11.8 Å². The predicted octanol–water partition coefficient (Wildman–Crippen LogP) is 3.13. The number of hydrazine groups is 1. The van der Waals surface area contributed by atoms with Crippen LogP contribution in [0.15, 0.2) is 23.1 Å². The quantitative estimate of drug-likeness (QED) is 0.579. The van der Waals surface area contributed by atoms with Crippen LogP contribution in [0.4, 0.5) is 0 Å². The molecule has 1 aromatic rings. The Morgan fingerprint density at radius 3 is 2.68 bits per heavy atom. The van der Waals surface area contributed by atoms with Gasteiger partial charge in [0.25, 0.3) is 5.91 Å². The highest BCUT2D eigenvalue weighted by Crippen LogP contribution is 2.33. The standard InChI is InChI=1S/C17H20N2O4S2/c1-4-5-6-15(20)18-19-16(21)14(25-17(19)24)10-11-7-8-12(22-2)13(9-11)23-3/h7-10H,4-6H2,1-3H3,(H,18,20)/b14-10+. The number of nitrogens with one attached hydrogen (secondary N) is 1. The fourth-order valence-corrected chi connectivity index (χ4v) is 3.36. The third-order valence-corrected chi connectivity index (χ3v) is 4.80. The Labute approximate surface area is 156 Å². The second-order valence-electron chi connectivity index (χ2n) is 5.27. The van der Waals surface area contributed by atoms with E-state index in [4.69, 9.17) is 21.7 Å². The van der Waals surface area contributed by atoms with Crippen molar-refractivity contribution in [3.63, 3.8) is 0 Å². The van der Waals surface area contributed by atoms with Gasteiger partial charge >= 0.3 is 0 Å². The van der Waals surface area contributed by atoms with Gasteiger partial charge in [-0.2, -0.15) is 5.01 Å². The Bertz CT molecular complexity index is 719. The lowest BCUT2D eigenvalue weighted by atomic mass is 10.2. The van der Waals surface area contributed by atoms with E-state index in [1.807, 2.05) is 13.0 Å². The molecule has 8 heteroatoms. The van der Waals surface area contributed by atoms with Gasteiger partial charge in [-0.15, -0.1) is 0 Å². The summed E-state index contributed by atoms with van der Waals surface area (Å²) in [5, 5.41) is 1.13. The molecule has 0 aliphatic carbocycles. The van der Waals surface area contributed by atoms with E-state index in [0.29, 0.717) is 27.1 Å². The van der Waals surface area contributed by atoms with Crippen molar-refractivity contribution in [2.45, 2.75) is 26.2 Å². The monoisotopic (exact) mass is 380 g/mol. The van der Waals surface area contributed by atoms with Gasteiger partial charge in [0.1, 0.15) is 0 Å². The van der Waals surface area contributed by atoms with Gasteiger partial charge in [0, 0.05) is 6.42 Å². The van der Waals surface area contributed by atoms with Crippen molar-refractivity contribution in [1.82, 2.24) is 10.4 Å². The number of hydrogen-bond donors (Lipinski definition) is 1. The number of hydrogen-bond acceptors (Lipinski definition) is 6. The maximum absolute atomic E-state index is 12.5. The van der Waals surface area contributed by atoms with Crippen LogP contribution < -0.4 is 14.9 Å². The van der Waals surface area contributed by atoms with Crippen molar-refractivity contribution in [2.24, 2.45) is 0 Å². The van der Waals surface area contributed by atoms with Crippen LogP contribution in [0.25, 0.3) is 6.08 Å². The number of carbonyl (C=O) groups is 2. The number of thioether (sulfide) groups is 1. The van der Waals surface area contributed by atoms with Crippen LogP contribution in [0.5, 0.6) is 11.5 Å². The highest BCUT2D eigenvalue weighted by Gasteiger charge is 2.33. The molecule has 2 amide bonds. The van der Waals surface area contributed by atoms with Crippen molar-refractivity contribution < 1.29 is 19.1 Å². The SMILES string of the molecule is CCCCC(=O)NN1C(=O)/C(=C\c2ccc(OC)c(OC)c2)SC1=S. The van der Waals surface area contributed by atoms with Crippen molar-refractivity contribution in [3.8, 4) is 11.5 Å². The molecule has 134 valence electrons. The summed E-state index contributed by atoms with van der Waals surface area (Å²) in [4.78, 5) is 24.8. The highest BCUT2D eigenvalue weighted by molar-refractivity contribution is 8.26. The van der Waals surface area contributed by atoms with E-state index in [0.717, 1.165) is 35.2 Å². The first-order valence-corrected chi connectivity index (χ1v) is 9.02. The number of nitrogens with zero attached hydrogens (tertiary/aromatic N) is 1. The molecule has 0 saturated carbocycles. The number of rotatable bonds is 7. The number of amides is 2. The minimum absolute atomic E-state index is 0.217. The van der Waals surface area contributed by atoms with Crippen LogP contribution in [0, 0.1) is 0 Å². The van der Waals surface area contributed by atoms with Crippen molar-refractivity contribution in [1.29, 1.82) is 0 Å². The van der Waals surface area contributed by atoms with Crippen LogP contribution in [0.1, 0.15) is 31.7 Å². The summed E-state index contributed by atoms with van der Waals surface area (Å²) in [7, 11) is 3.11. The fraction of sp³-hybridized carbons (Fsp3) is 0.353. The first-order chi connectivity index (χ1) is 12.0. The second-order valence-corrected chi connectivity index (χ2v) is 6.95. The maximum Gasteiger partial charge on any atom is 0.285 e. The van der Waals surface area contributed by atoms with Crippen LogP contribution >= 0.6 is 24.0 Å². The average molecular weight is 380 g/mol. The third-order valence-electron chi connectivity index (χ3n) is 3.49. The van der Waals surface area contributed by atoms with Gasteiger partial charge in [-0.3, -0.25) is 15.0 Å². The predicted molar refractivity (Wildman–Crippen MR) is 102 cm³/mol. The van der Waals surface area contributed by atoms with Gasteiger partial charge in [-0.1, -0.05) is 31.2 Å². The van der Waals surface area contributed by atoms with Crippen molar-refractivity contribution in [3.05, 3.63) is 28.7 Å². The summed E-state index contributed by atoms with van der Waals surface area (Å²) in [5.74, 6) is 0.620. The Hall–Kier alpha value is -2.06. The van der Waals surface area contributed by atoms with Crippen molar-refractivity contribution in [2.75, 3.05) is 14.2 Å². The first-order valence-electron chi connectivity index (χ1n) is 7.79. The lowest BCUT2D eigenvalue weighted by Crippen LogP contribution is -2.44. The smallest absolute Gasteiger partial charge is 0.285 e. The Morgan fingerprint density at radius 1 is 1.32 bits per heavy atom. The summed E-state index contributed by atoms with van der Waals surface area (Å²) in [6.07, 6.45) is 3.74. The zero-order valence-corrected chi connectivity index (χ0v) is 16.0. The lowest BCUT2D eigenvalue weighted by molar-refractivity contribution is -0.133. The lowest BCUT2D eigenvalue weighted by Gasteiger charge is -2.15. The van der Waals surface area contributed by atoms with Gasteiger partial charge in [-0.25, -0.2) is 0 Å². The number of unbranched alkanes of at least 4 members (excludes halogenated alkanes) is 1. The van der Waals surface area contributed by atoms with Crippen LogP contribution in [-0.2, 0) is 9.59 Å². The molecule has 0 unspecified atom stereocenters. The Balaban J connectivity index is 2.15. The molecular weight excluding hydrogens is 360 g/mol. The minimum atomic E-state index is -0.338.